The molecule has 2 amide bonds. The van der Waals surface area contributed by atoms with Crippen molar-refractivity contribution in [1.82, 2.24) is 5.32 Å². The lowest BCUT2D eigenvalue weighted by Crippen LogP contribution is -2.37. The Morgan fingerprint density at radius 2 is 2.12 bits per heavy atom. The summed E-state index contributed by atoms with van der Waals surface area (Å²) in [6, 6.07) is 8.24. The first-order valence-electron chi connectivity index (χ1n) is 4.92. The van der Waals surface area contributed by atoms with Gasteiger partial charge in [0.2, 0.25) is 0 Å². The molecule has 84 valence electrons. The maximum atomic E-state index is 11.3. The van der Waals surface area contributed by atoms with Gasteiger partial charge in [-0.15, -0.1) is 0 Å². The van der Waals surface area contributed by atoms with E-state index in [9.17, 15) is 4.79 Å². The first-order chi connectivity index (χ1) is 7.61. The third kappa shape index (κ3) is 3.98. The summed E-state index contributed by atoms with van der Waals surface area (Å²) in [6.45, 7) is 2.23. The van der Waals surface area contributed by atoms with Crippen LogP contribution in [0.4, 0.5) is 10.5 Å². The maximum absolute atomic E-state index is 11.3. The second-order valence-electron chi connectivity index (χ2n) is 3.50. The molecule has 0 heterocycles. The van der Waals surface area contributed by atoms with Crippen LogP contribution >= 0.6 is 0 Å². The summed E-state index contributed by atoms with van der Waals surface area (Å²) < 4.78 is 0. The normalized spacial score (nSPS) is 11.3. The number of hydrogen-bond donors (Lipinski definition) is 3. The Labute approximate surface area is 94.2 Å². The summed E-state index contributed by atoms with van der Waals surface area (Å²) in [4.78, 5) is 11.3. The first kappa shape index (κ1) is 12.0. The van der Waals surface area contributed by atoms with Gasteiger partial charge in [-0.25, -0.2) is 4.79 Å². The fraction of sp³-hybridized carbons (Fsp3) is 0.273. The van der Waals surface area contributed by atoms with Gasteiger partial charge in [0.05, 0.1) is 11.6 Å². The number of carbonyl (C=O) groups excluding carboxylic acids is 1. The SMILES string of the molecule is CC(N)CNC(=O)Nc1ccc(C#N)cc1. The second-order valence-corrected chi connectivity index (χ2v) is 3.50. The zero-order valence-electron chi connectivity index (χ0n) is 9.03. The van der Waals surface area contributed by atoms with E-state index in [1.807, 2.05) is 13.0 Å². The Balaban J connectivity index is 2.47. The number of nitrogens with one attached hydrogen (secondary N) is 2. The van der Waals surface area contributed by atoms with Gasteiger partial charge in [-0.1, -0.05) is 0 Å². The van der Waals surface area contributed by atoms with Gasteiger partial charge < -0.3 is 16.4 Å². The zero-order valence-corrected chi connectivity index (χ0v) is 9.03. The van der Waals surface area contributed by atoms with Crippen LogP contribution in [0.3, 0.4) is 0 Å². The molecule has 0 spiro atoms. The van der Waals surface area contributed by atoms with Crippen molar-refractivity contribution in [3.05, 3.63) is 29.8 Å². The van der Waals surface area contributed by atoms with Crippen molar-refractivity contribution in [2.45, 2.75) is 13.0 Å². The summed E-state index contributed by atoms with van der Waals surface area (Å²) in [7, 11) is 0. The van der Waals surface area contributed by atoms with Crippen LogP contribution in [0.15, 0.2) is 24.3 Å². The molecule has 0 saturated heterocycles. The Kier molecular flexibility index (Phi) is 4.30. The number of benzene rings is 1. The van der Waals surface area contributed by atoms with Crippen molar-refractivity contribution in [1.29, 1.82) is 5.26 Å². The highest BCUT2D eigenvalue weighted by Gasteiger charge is 2.02. The quantitative estimate of drug-likeness (QED) is 0.707. The van der Waals surface area contributed by atoms with Crippen LogP contribution in [-0.2, 0) is 0 Å². The zero-order chi connectivity index (χ0) is 12.0. The molecule has 4 N–H and O–H groups in total. The average Bonchev–Trinajstić information content (AvgIpc) is 2.27. The number of urea groups is 1. The Morgan fingerprint density at radius 3 is 2.62 bits per heavy atom. The number of hydrogen-bond acceptors (Lipinski definition) is 3. The van der Waals surface area contributed by atoms with Gasteiger partial charge >= 0.3 is 6.03 Å². The third-order valence-electron chi connectivity index (χ3n) is 1.86. The third-order valence-corrected chi connectivity index (χ3v) is 1.86. The molecule has 1 aromatic carbocycles. The van der Waals surface area contributed by atoms with Gasteiger partial charge in [0.15, 0.2) is 0 Å². The minimum Gasteiger partial charge on any atom is -0.336 e. The molecule has 0 aromatic heterocycles. The molecular formula is C11H14N4O. The van der Waals surface area contributed by atoms with E-state index in [1.165, 1.54) is 0 Å². The number of nitrogens with two attached hydrogens (primary N) is 1. The van der Waals surface area contributed by atoms with Crippen LogP contribution in [0.25, 0.3) is 0 Å². The minimum atomic E-state index is -0.304. The van der Waals surface area contributed by atoms with Crippen LogP contribution in [0.5, 0.6) is 0 Å². The molecule has 0 aliphatic heterocycles. The van der Waals surface area contributed by atoms with Crippen LogP contribution in [0, 0.1) is 11.3 Å². The number of carbonyl (C=O) groups is 1. The van der Waals surface area contributed by atoms with Crippen LogP contribution < -0.4 is 16.4 Å². The largest absolute Gasteiger partial charge is 0.336 e. The predicted octanol–water partition coefficient (Wildman–Crippen LogP) is 1.03. The summed E-state index contributed by atoms with van der Waals surface area (Å²) in [5.41, 5.74) is 6.69. The lowest BCUT2D eigenvalue weighted by molar-refractivity contribution is 0.251. The molecule has 1 atom stereocenters. The van der Waals surface area contributed by atoms with E-state index in [2.05, 4.69) is 10.6 Å². The van der Waals surface area contributed by atoms with E-state index in [0.717, 1.165) is 0 Å². The molecule has 0 saturated carbocycles. The molecule has 1 aromatic rings. The van der Waals surface area contributed by atoms with E-state index < -0.39 is 0 Å². The Bertz CT molecular complexity index is 391. The minimum absolute atomic E-state index is 0.0771. The lowest BCUT2D eigenvalue weighted by atomic mass is 10.2. The highest BCUT2D eigenvalue weighted by molar-refractivity contribution is 5.89. The molecule has 0 fully saturated rings. The van der Waals surface area contributed by atoms with Crippen molar-refractivity contribution >= 4 is 11.7 Å². The fourth-order valence-electron chi connectivity index (χ4n) is 1.06. The van der Waals surface area contributed by atoms with Crippen LogP contribution in [-0.4, -0.2) is 18.6 Å². The molecule has 0 aliphatic carbocycles. The molecule has 0 aliphatic rings. The van der Waals surface area contributed by atoms with Gasteiger partial charge in [-0.3, -0.25) is 0 Å². The van der Waals surface area contributed by atoms with Crippen molar-refractivity contribution in [2.24, 2.45) is 5.73 Å². The lowest BCUT2D eigenvalue weighted by Gasteiger charge is -2.09. The monoisotopic (exact) mass is 218 g/mol. The van der Waals surface area contributed by atoms with E-state index in [1.54, 1.807) is 24.3 Å². The number of nitriles is 1. The summed E-state index contributed by atoms with van der Waals surface area (Å²) in [5, 5.41) is 13.8. The number of anilines is 1. The van der Waals surface area contributed by atoms with E-state index in [0.29, 0.717) is 17.8 Å². The molecular weight excluding hydrogens is 204 g/mol. The van der Waals surface area contributed by atoms with Gasteiger partial charge in [0.25, 0.3) is 0 Å². The molecule has 1 rings (SSSR count). The molecule has 5 heteroatoms. The van der Waals surface area contributed by atoms with Gasteiger partial charge in [0.1, 0.15) is 0 Å². The second kappa shape index (κ2) is 5.73. The molecule has 0 bridgehead atoms. The Hall–Kier alpha value is -2.06. The Morgan fingerprint density at radius 1 is 1.50 bits per heavy atom. The smallest absolute Gasteiger partial charge is 0.319 e. The number of nitrogens with zero attached hydrogens (tertiary/aromatic N) is 1. The fourth-order valence-corrected chi connectivity index (χ4v) is 1.06. The van der Waals surface area contributed by atoms with Gasteiger partial charge in [-0.2, -0.15) is 5.26 Å². The average molecular weight is 218 g/mol. The molecule has 16 heavy (non-hydrogen) atoms. The van der Waals surface area contributed by atoms with Gasteiger partial charge in [-0.05, 0) is 31.2 Å². The summed E-state index contributed by atoms with van der Waals surface area (Å²) in [5.74, 6) is 0. The maximum Gasteiger partial charge on any atom is 0.319 e. The van der Waals surface area contributed by atoms with Gasteiger partial charge in [0, 0.05) is 18.3 Å². The highest BCUT2D eigenvalue weighted by atomic mass is 16.2. The van der Waals surface area contributed by atoms with Crippen LogP contribution in [0.2, 0.25) is 0 Å². The van der Waals surface area contributed by atoms with E-state index in [4.69, 9.17) is 11.0 Å². The highest BCUT2D eigenvalue weighted by Crippen LogP contribution is 2.08. The topological polar surface area (TPSA) is 90.9 Å². The van der Waals surface area contributed by atoms with Crippen molar-refractivity contribution in [2.75, 3.05) is 11.9 Å². The van der Waals surface area contributed by atoms with Crippen molar-refractivity contribution in [3.63, 3.8) is 0 Å². The standard InChI is InChI=1S/C11H14N4O/c1-8(13)7-14-11(16)15-10-4-2-9(6-12)3-5-10/h2-5,8H,7,13H2,1H3,(H2,14,15,16). The predicted molar refractivity (Wildman–Crippen MR) is 61.8 cm³/mol. The molecule has 0 radical (unpaired) electrons. The number of amides is 2. The van der Waals surface area contributed by atoms with Crippen LogP contribution in [0.1, 0.15) is 12.5 Å². The van der Waals surface area contributed by atoms with Crippen molar-refractivity contribution in [3.8, 4) is 6.07 Å². The van der Waals surface area contributed by atoms with Crippen molar-refractivity contribution < 1.29 is 4.79 Å². The summed E-state index contributed by atoms with van der Waals surface area (Å²) >= 11 is 0. The van der Waals surface area contributed by atoms with E-state index >= 15 is 0 Å². The molecule has 5 nitrogen and oxygen atoms in total. The van der Waals surface area contributed by atoms with E-state index in [-0.39, 0.29) is 12.1 Å². The number of rotatable bonds is 3. The first-order valence-corrected chi connectivity index (χ1v) is 4.92. The summed E-state index contributed by atoms with van der Waals surface area (Å²) in [6.07, 6.45) is 0. The molecule has 1 unspecified atom stereocenters.